The third-order valence-corrected chi connectivity index (χ3v) is 2.64. The highest BCUT2D eigenvalue weighted by molar-refractivity contribution is 6.30. The molecule has 0 atom stereocenters. The first-order valence-corrected chi connectivity index (χ1v) is 5.38. The molecule has 0 amide bonds. The van der Waals surface area contributed by atoms with Gasteiger partial charge in [-0.1, -0.05) is 11.6 Å². The van der Waals surface area contributed by atoms with Crippen molar-refractivity contribution in [1.82, 2.24) is 14.6 Å². The van der Waals surface area contributed by atoms with Crippen LogP contribution in [0.3, 0.4) is 0 Å². The fourth-order valence-electron chi connectivity index (χ4n) is 1.58. The third-order valence-electron chi connectivity index (χ3n) is 2.40. The molecule has 3 rings (SSSR count). The lowest BCUT2D eigenvalue weighted by Gasteiger charge is -1.93. The van der Waals surface area contributed by atoms with Crippen LogP contribution in [0.1, 0.15) is 0 Å². The maximum atomic E-state index is 12.8. The van der Waals surface area contributed by atoms with Crippen molar-refractivity contribution in [3.05, 3.63) is 53.4 Å². The van der Waals surface area contributed by atoms with Gasteiger partial charge in [-0.2, -0.15) is 0 Å². The number of nitrogens with zero attached hydrogens (tertiary/aromatic N) is 3. The second-order valence-electron chi connectivity index (χ2n) is 3.59. The van der Waals surface area contributed by atoms with E-state index in [2.05, 4.69) is 10.1 Å². The highest BCUT2D eigenvalue weighted by atomic mass is 35.5. The van der Waals surface area contributed by atoms with Crippen molar-refractivity contribution in [3.8, 4) is 11.4 Å². The van der Waals surface area contributed by atoms with E-state index >= 15 is 0 Å². The predicted octanol–water partition coefficient (Wildman–Crippen LogP) is 3.19. The Kier molecular flexibility index (Phi) is 2.30. The minimum absolute atomic E-state index is 0.277. The molecule has 17 heavy (non-hydrogen) atoms. The number of aromatic nitrogens is 3. The molecule has 0 aliphatic rings. The summed E-state index contributed by atoms with van der Waals surface area (Å²) < 4.78 is 14.4. The van der Waals surface area contributed by atoms with E-state index in [4.69, 9.17) is 11.6 Å². The Morgan fingerprint density at radius 1 is 1.12 bits per heavy atom. The van der Waals surface area contributed by atoms with E-state index in [-0.39, 0.29) is 5.82 Å². The largest absolute Gasteiger partial charge is 0.220 e. The second-order valence-corrected chi connectivity index (χ2v) is 4.03. The molecule has 0 saturated heterocycles. The lowest BCUT2D eigenvalue weighted by molar-refractivity contribution is 0.628. The fourth-order valence-corrected chi connectivity index (χ4v) is 1.73. The van der Waals surface area contributed by atoms with Crippen LogP contribution in [-0.2, 0) is 0 Å². The Bertz CT molecular complexity index is 676. The molecule has 0 bridgehead atoms. The third kappa shape index (κ3) is 1.87. The van der Waals surface area contributed by atoms with Gasteiger partial charge in [0.1, 0.15) is 5.82 Å². The molecule has 3 nitrogen and oxygen atoms in total. The van der Waals surface area contributed by atoms with E-state index in [0.29, 0.717) is 16.5 Å². The van der Waals surface area contributed by atoms with Gasteiger partial charge in [-0.25, -0.2) is 13.9 Å². The summed E-state index contributed by atoms with van der Waals surface area (Å²) in [6.45, 7) is 0. The smallest absolute Gasteiger partial charge is 0.182 e. The first-order valence-electron chi connectivity index (χ1n) is 5.00. The lowest BCUT2D eigenvalue weighted by Crippen LogP contribution is -1.85. The van der Waals surface area contributed by atoms with Crippen molar-refractivity contribution in [3.63, 3.8) is 0 Å². The van der Waals surface area contributed by atoms with E-state index in [1.54, 1.807) is 35.0 Å². The molecule has 0 fully saturated rings. The van der Waals surface area contributed by atoms with Crippen LogP contribution in [-0.4, -0.2) is 14.6 Å². The Morgan fingerprint density at radius 2 is 1.88 bits per heavy atom. The number of pyridine rings is 1. The molecule has 3 aromatic rings. The minimum atomic E-state index is -0.277. The topological polar surface area (TPSA) is 30.2 Å². The number of halogens is 2. The summed E-state index contributed by atoms with van der Waals surface area (Å²) in [7, 11) is 0. The van der Waals surface area contributed by atoms with E-state index in [1.807, 2.05) is 0 Å². The summed E-state index contributed by atoms with van der Waals surface area (Å²) in [5.74, 6) is 0.271. The maximum absolute atomic E-state index is 12.8. The molecule has 0 saturated carbocycles. The van der Waals surface area contributed by atoms with Crippen LogP contribution >= 0.6 is 11.6 Å². The van der Waals surface area contributed by atoms with Gasteiger partial charge in [0.25, 0.3) is 0 Å². The molecule has 84 valence electrons. The number of hydrogen-bond donors (Lipinski definition) is 0. The van der Waals surface area contributed by atoms with Crippen molar-refractivity contribution < 1.29 is 4.39 Å². The minimum Gasteiger partial charge on any atom is -0.220 e. The van der Waals surface area contributed by atoms with Crippen molar-refractivity contribution >= 4 is 17.2 Å². The summed E-state index contributed by atoms with van der Waals surface area (Å²) in [6, 6.07) is 9.51. The van der Waals surface area contributed by atoms with Crippen LogP contribution in [0.15, 0.2) is 42.6 Å². The highest BCUT2D eigenvalue weighted by Crippen LogP contribution is 2.18. The first-order chi connectivity index (χ1) is 8.22. The van der Waals surface area contributed by atoms with Gasteiger partial charge in [-0.3, -0.25) is 0 Å². The standard InChI is InChI=1S/C12H7ClFN3/c13-9-5-6-17-11(7-9)15-12(16-17)8-1-3-10(14)4-2-8/h1-7H. The van der Waals surface area contributed by atoms with Gasteiger partial charge < -0.3 is 0 Å². The van der Waals surface area contributed by atoms with Gasteiger partial charge in [-0.05, 0) is 30.3 Å². The lowest BCUT2D eigenvalue weighted by atomic mass is 10.2. The maximum Gasteiger partial charge on any atom is 0.182 e. The zero-order chi connectivity index (χ0) is 11.8. The summed E-state index contributed by atoms with van der Waals surface area (Å²) in [4.78, 5) is 4.32. The molecule has 0 radical (unpaired) electrons. The Morgan fingerprint density at radius 3 is 2.65 bits per heavy atom. The molecule has 0 N–H and O–H groups in total. The molecule has 0 aliphatic carbocycles. The van der Waals surface area contributed by atoms with Gasteiger partial charge in [-0.15, -0.1) is 5.10 Å². The SMILES string of the molecule is Fc1ccc(-c2nc3cc(Cl)ccn3n2)cc1. The molecular weight excluding hydrogens is 241 g/mol. The molecule has 5 heteroatoms. The monoisotopic (exact) mass is 247 g/mol. The van der Waals surface area contributed by atoms with E-state index < -0.39 is 0 Å². The van der Waals surface area contributed by atoms with E-state index in [9.17, 15) is 4.39 Å². The van der Waals surface area contributed by atoms with Crippen LogP contribution < -0.4 is 0 Å². The average Bonchev–Trinajstić information content (AvgIpc) is 2.72. The molecule has 0 unspecified atom stereocenters. The summed E-state index contributed by atoms with van der Waals surface area (Å²) in [6.07, 6.45) is 1.73. The van der Waals surface area contributed by atoms with Crippen molar-refractivity contribution in [2.45, 2.75) is 0 Å². The molecule has 2 heterocycles. The van der Waals surface area contributed by atoms with Crippen molar-refractivity contribution in [2.75, 3.05) is 0 Å². The zero-order valence-corrected chi connectivity index (χ0v) is 9.39. The van der Waals surface area contributed by atoms with Crippen LogP contribution in [0.4, 0.5) is 4.39 Å². The predicted molar refractivity (Wildman–Crippen MR) is 63.4 cm³/mol. The van der Waals surface area contributed by atoms with Crippen LogP contribution in [0, 0.1) is 5.82 Å². The zero-order valence-electron chi connectivity index (χ0n) is 8.64. The summed E-state index contributed by atoms with van der Waals surface area (Å²) in [5, 5.41) is 4.89. The Hall–Kier alpha value is -1.94. The van der Waals surface area contributed by atoms with Gasteiger partial charge in [0.15, 0.2) is 11.5 Å². The highest BCUT2D eigenvalue weighted by Gasteiger charge is 2.06. The fraction of sp³-hybridized carbons (Fsp3) is 0. The summed E-state index contributed by atoms with van der Waals surface area (Å²) >= 11 is 5.86. The molecule has 0 aliphatic heterocycles. The van der Waals surface area contributed by atoms with Crippen molar-refractivity contribution in [1.29, 1.82) is 0 Å². The van der Waals surface area contributed by atoms with Crippen LogP contribution in [0.5, 0.6) is 0 Å². The number of fused-ring (bicyclic) bond motifs is 1. The second kappa shape index (κ2) is 3.82. The molecule has 1 aromatic carbocycles. The molecule has 2 aromatic heterocycles. The average molecular weight is 248 g/mol. The molecule has 0 spiro atoms. The van der Waals surface area contributed by atoms with Gasteiger partial charge in [0, 0.05) is 22.8 Å². The molecular formula is C12H7ClFN3. The number of benzene rings is 1. The normalized spacial score (nSPS) is 10.9. The number of hydrogen-bond acceptors (Lipinski definition) is 2. The van der Waals surface area contributed by atoms with Gasteiger partial charge >= 0.3 is 0 Å². The van der Waals surface area contributed by atoms with Gasteiger partial charge in [0.05, 0.1) is 0 Å². The van der Waals surface area contributed by atoms with Crippen molar-refractivity contribution in [2.24, 2.45) is 0 Å². The van der Waals surface area contributed by atoms with Crippen LogP contribution in [0.2, 0.25) is 5.02 Å². The van der Waals surface area contributed by atoms with Crippen LogP contribution in [0.25, 0.3) is 17.0 Å². The first kappa shape index (κ1) is 10.2. The summed E-state index contributed by atoms with van der Waals surface area (Å²) in [5.41, 5.74) is 1.43. The quantitative estimate of drug-likeness (QED) is 0.661. The van der Waals surface area contributed by atoms with E-state index in [0.717, 1.165) is 5.56 Å². The Balaban J connectivity index is 2.14. The Labute approximate surface area is 101 Å². The van der Waals surface area contributed by atoms with E-state index in [1.165, 1.54) is 12.1 Å². The number of rotatable bonds is 1. The van der Waals surface area contributed by atoms with Gasteiger partial charge in [0.2, 0.25) is 0 Å².